The van der Waals surface area contributed by atoms with E-state index in [9.17, 15) is 17.2 Å². The van der Waals surface area contributed by atoms with E-state index in [0.29, 0.717) is 17.1 Å². The largest absolute Gasteiger partial charge is 0.481 e. The van der Waals surface area contributed by atoms with Gasteiger partial charge in [-0.15, -0.1) is 0 Å². The van der Waals surface area contributed by atoms with E-state index in [1.807, 2.05) is 0 Å². The molecule has 2 aromatic carbocycles. The van der Waals surface area contributed by atoms with Gasteiger partial charge in [-0.2, -0.15) is 0 Å². The number of guanidine groups is 1. The van der Waals surface area contributed by atoms with Gasteiger partial charge in [0.25, 0.3) is 10.0 Å². The molecule has 4 rings (SSSR count). The number of methoxy groups -OCH3 is 1. The number of sulfonamides is 1. The van der Waals surface area contributed by atoms with Crippen molar-refractivity contribution in [2.75, 3.05) is 12.4 Å². The van der Waals surface area contributed by atoms with E-state index in [4.69, 9.17) is 4.74 Å². The van der Waals surface area contributed by atoms with Crippen molar-refractivity contribution in [3.63, 3.8) is 0 Å². The van der Waals surface area contributed by atoms with Gasteiger partial charge in [-0.05, 0) is 35.9 Å². The normalized spacial score (nSPS) is 16.6. The number of aliphatic imine (C=N–C) groups is 1. The van der Waals surface area contributed by atoms with Crippen molar-refractivity contribution < 1.29 is 21.9 Å². The van der Waals surface area contributed by atoms with E-state index in [-0.39, 0.29) is 28.7 Å². The van der Waals surface area contributed by atoms with Crippen molar-refractivity contribution in [1.29, 1.82) is 0 Å². The number of benzene rings is 2. The Hall–Kier alpha value is -3.53. The molecule has 166 valence electrons. The second-order valence-corrected chi connectivity index (χ2v) is 8.84. The number of hydrogen-bond donors (Lipinski definition) is 2. The van der Waals surface area contributed by atoms with Gasteiger partial charge in [0.05, 0.1) is 25.0 Å². The fraction of sp³-hybridized carbons (Fsp3) is 0.182. The summed E-state index contributed by atoms with van der Waals surface area (Å²) in [6.45, 7) is 1.75. The topological polar surface area (TPSA) is 92.7 Å². The molecule has 1 unspecified atom stereocenters. The number of pyridine rings is 1. The van der Waals surface area contributed by atoms with Crippen LogP contribution in [0.2, 0.25) is 0 Å². The van der Waals surface area contributed by atoms with Crippen molar-refractivity contribution in [3.05, 3.63) is 83.1 Å². The first-order chi connectivity index (χ1) is 15.3. The Kier molecular flexibility index (Phi) is 5.79. The maximum Gasteiger partial charge on any atom is 0.266 e. The summed E-state index contributed by atoms with van der Waals surface area (Å²) in [6, 6.07) is 13.2. The number of hydrogen-bond acceptors (Lipinski definition) is 5. The molecule has 0 saturated heterocycles. The van der Waals surface area contributed by atoms with E-state index in [2.05, 4.69) is 20.0 Å². The second kappa shape index (κ2) is 8.54. The summed E-state index contributed by atoms with van der Waals surface area (Å²) in [6.07, 6.45) is 0. The molecule has 1 aliphatic rings. The Bertz CT molecular complexity index is 1310. The third-order valence-corrected chi connectivity index (χ3v) is 6.44. The molecule has 0 spiro atoms. The molecule has 0 bridgehead atoms. The van der Waals surface area contributed by atoms with Crippen molar-refractivity contribution in [1.82, 2.24) is 9.71 Å². The highest BCUT2D eigenvalue weighted by Gasteiger charge is 2.32. The predicted molar refractivity (Wildman–Crippen MR) is 116 cm³/mol. The molecule has 0 amide bonds. The summed E-state index contributed by atoms with van der Waals surface area (Å²) in [4.78, 5) is 8.46. The summed E-state index contributed by atoms with van der Waals surface area (Å²) < 4.78 is 61.5. The van der Waals surface area contributed by atoms with Crippen LogP contribution in [0.5, 0.6) is 5.88 Å². The van der Waals surface area contributed by atoms with Crippen LogP contribution in [0, 0.1) is 11.6 Å². The van der Waals surface area contributed by atoms with Crippen LogP contribution >= 0.6 is 0 Å². The number of fused-ring (bicyclic) bond motifs is 1. The molecule has 2 N–H and O–H groups in total. The van der Waals surface area contributed by atoms with E-state index < -0.39 is 27.6 Å². The Balaban J connectivity index is 1.75. The number of anilines is 1. The van der Waals surface area contributed by atoms with Crippen molar-refractivity contribution in [2.24, 2.45) is 4.99 Å². The number of aromatic nitrogens is 1. The second-order valence-electron chi connectivity index (χ2n) is 7.19. The quantitative estimate of drug-likeness (QED) is 0.607. The van der Waals surface area contributed by atoms with Crippen LogP contribution in [-0.2, 0) is 16.6 Å². The Labute approximate surface area is 184 Å². The van der Waals surface area contributed by atoms with Gasteiger partial charge in [0.15, 0.2) is 0 Å². The standard InChI is InChI=1S/C22H20F2N4O3S/c1-13(17-7-4-8-19(26-17)31-2)20-16(24)9-10-18-21(20)27-22(28-32(18,29)30)25-12-14-5-3-6-15(23)11-14/h3-11,13H,12H2,1-2H3,(H2,25,27,28). The molecular weight excluding hydrogens is 438 g/mol. The van der Waals surface area contributed by atoms with Crippen LogP contribution in [0.3, 0.4) is 0 Å². The molecule has 0 fully saturated rings. The van der Waals surface area contributed by atoms with Gasteiger partial charge in [-0.1, -0.05) is 25.1 Å². The summed E-state index contributed by atoms with van der Waals surface area (Å²) in [5, 5.41) is 2.89. The Morgan fingerprint density at radius 3 is 2.66 bits per heavy atom. The highest BCUT2D eigenvalue weighted by atomic mass is 32.2. The summed E-state index contributed by atoms with van der Waals surface area (Å²) in [7, 11) is -2.53. The van der Waals surface area contributed by atoms with E-state index in [0.717, 1.165) is 6.07 Å². The zero-order valence-electron chi connectivity index (χ0n) is 17.3. The monoisotopic (exact) mass is 458 g/mol. The van der Waals surface area contributed by atoms with Gasteiger partial charge in [0.2, 0.25) is 11.8 Å². The van der Waals surface area contributed by atoms with Gasteiger partial charge in [0, 0.05) is 17.5 Å². The lowest BCUT2D eigenvalue weighted by Crippen LogP contribution is -2.41. The van der Waals surface area contributed by atoms with Gasteiger partial charge in [-0.25, -0.2) is 31.9 Å². The number of rotatable bonds is 5. The third kappa shape index (κ3) is 4.26. The van der Waals surface area contributed by atoms with Crippen LogP contribution < -0.4 is 14.8 Å². The first-order valence-electron chi connectivity index (χ1n) is 9.70. The van der Waals surface area contributed by atoms with Crippen molar-refractivity contribution >= 4 is 21.7 Å². The number of halogens is 2. The lowest BCUT2D eigenvalue weighted by atomic mass is 9.94. The molecule has 3 aromatic rings. The highest BCUT2D eigenvalue weighted by molar-refractivity contribution is 7.90. The number of nitrogens with one attached hydrogen (secondary N) is 2. The van der Waals surface area contributed by atoms with Gasteiger partial charge in [0.1, 0.15) is 16.5 Å². The van der Waals surface area contributed by atoms with E-state index >= 15 is 0 Å². The smallest absolute Gasteiger partial charge is 0.266 e. The van der Waals surface area contributed by atoms with Crippen LogP contribution in [0.1, 0.15) is 29.7 Å². The molecule has 0 saturated carbocycles. The zero-order valence-corrected chi connectivity index (χ0v) is 18.1. The van der Waals surface area contributed by atoms with Crippen molar-refractivity contribution in [2.45, 2.75) is 24.3 Å². The maximum absolute atomic E-state index is 15.0. The summed E-state index contributed by atoms with van der Waals surface area (Å²) >= 11 is 0. The molecule has 7 nitrogen and oxygen atoms in total. The molecule has 1 atom stereocenters. The fourth-order valence-electron chi connectivity index (χ4n) is 3.49. The SMILES string of the molecule is COc1cccc(C(C)c2c(F)ccc3c2NC(=NCc2cccc(F)c2)NS3(=O)=O)n1. The predicted octanol–water partition coefficient (Wildman–Crippen LogP) is 3.78. The lowest BCUT2D eigenvalue weighted by Gasteiger charge is -2.26. The van der Waals surface area contributed by atoms with Crippen LogP contribution in [0.25, 0.3) is 0 Å². The molecule has 1 aliphatic heterocycles. The first kappa shape index (κ1) is 21.7. The van der Waals surface area contributed by atoms with Crippen molar-refractivity contribution in [3.8, 4) is 5.88 Å². The molecule has 0 aliphatic carbocycles. The Morgan fingerprint density at radius 2 is 1.91 bits per heavy atom. The molecule has 2 heterocycles. The maximum atomic E-state index is 15.0. The molecule has 32 heavy (non-hydrogen) atoms. The average Bonchev–Trinajstić information content (AvgIpc) is 2.76. The number of nitrogens with zero attached hydrogens (tertiary/aromatic N) is 2. The highest BCUT2D eigenvalue weighted by Crippen LogP contribution is 2.37. The van der Waals surface area contributed by atoms with Gasteiger partial charge < -0.3 is 10.1 Å². The lowest BCUT2D eigenvalue weighted by molar-refractivity contribution is 0.395. The van der Waals surface area contributed by atoms with Gasteiger partial charge >= 0.3 is 0 Å². The van der Waals surface area contributed by atoms with Crippen LogP contribution in [0.15, 0.2) is 64.5 Å². The zero-order chi connectivity index (χ0) is 22.9. The van der Waals surface area contributed by atoms with Crippen LogP contribution in [0.4, 0.5) is 14.5 Å². The number of ether oxygens (including phenoxy) is 1. The summed E-state index contributed by atoms with van der Waals surface area (Å²) in [5.74, 6) is -1.33. The minimum Gasteiger partial charge on any atom is -0.481 e. The Morgan fingerprint density at radius 1 is 1.12 bits per heavy atom. The van der Waals surface area contributed by atoms with E-state index in [1.165, 1.54) is 31.4 Å². The molecule has 10 heteroatoms. The minimum absolute atomic E-state index is 0.0234. The minimum atomic E-state index is -4.00. The molecule has 1 aromatic heterocycles. The average molecular weight is 458 g/mol. The summed E-state index contributed by atoms with van der Waals surface area (Å²) in [5.41, 5.74) is 1.27. The fourth-order valence-corrected chi connectivity index (χ4v) is 4.64. The van der Waals surface area contributed by atoms with Gasteiger partial charge in [-0.3, -0.25) is 0 Å². The van der Waals surface area contributed by atoms with E-state index in [1.54, 1.807) is 31.2 Å². The molecule has 0 radical (unpaired) electrons. The van der Waals surface area contributed by atoms with Crippen LogP contribution in [-0.4, -0.2) is 26.5 Å². The third-order valence-electron chi connectivity index (χ3n) is 5.06. The first-order valence-corrected chi connectivity index (χ1v) is 11.2. The molecular formula is C22H20F2N4O3S.